The van der Waals surface area contributed by atoms with Crippen LogP contribution in [-0.2, 0) is 11.3 Å². The summed E-state index contributed by atoms with van der Waals surface area (Å²) in [6.45, 7) is 0.0845. The number of anilines is 1. The van der Waals surface area contributed by atoms with Crippen LogP contribution >= 0.6 is 15.9 Å². The molecule has 21 heavy (non-hydrogen) atoms. The predicted molar refractivity (Wildman–Crippen MR) is 77.2 cm³/mol. The second-order valence-electron chi connectivity index (χ2n) is 4.63. The summed E-state index contributed by atoms with van der Waals surface area (Å²) in [5.41, 5.74) is 1.12. The maximum absolute atomic E-state index is 13.3. The lowest BCUT2D eigenvalue weighted by atomic mass is 10.1. The molecule has 2 aromatic carbocycles. The van der Waals surface area contributed by atoms with Gasteiger partial charge in [0.15, 0.2) is 18.2 Å². The van der Waals surface area contributed by atoms with Crippen molar-refractivity contribution in [2.75, 3.05) is 11.5 Å². The summed E-state index contributed by atoms with van der Waals surface area (Å²) < 4.78 is 32.4. The molecule has 0 radical (unpaired) electrons. The van der Waals surface area contributed by atoms with Crippen molar-refractivity contribution in [2.45, 2.75) is 6.54 Å². The summed E-state index contributed by atoms with van der Waals surface area (Å²) in [7, 11) is 0. The Balaban J connectivity index is 1.94. The summed E-state index contributed by atoms with van der Waals surface area (Å²) >= 11 is 3.34. The Morgan fingerprint density at radius 1 is 1.14 bits per heavy atom. The van der Waals surface area contributed by atoms with Gasteiger partial charge in [0.05, 0.1) is 12.2 Å². The normalized spacial score (nSPS) is 13.9. The van der Waals surface area contributed by atoms with E-state index in [2.05, 4.69) is 15.9 Å². The number of amides is 1. The van der Waals surface area contributed by atoms with Crippen LogP contribution in [0.2, 0.25) is 0 Å². The summed E-state index contributed by atoms with van der Waals surface area (Å²) in [6.07, 6.45) is 0. The zero-order valence-electron chi connectivity index (χ0n) is 10.8. The van der Waals surface area contributed by atoms with Crippen LogP contribution in [0.25, 0.3) is 0 Å². The molecule has 1 amide bonds. The van der Waals surface area contributed by atoms with Crippen molar-refractivity contribution in [1.82, 2.24) is 0 Å². The van der Waals surface area contributed by atoms with Crippen LogP contribution in [0, 0.1) is 11.6 Å². The molecule has 0 fully saturated rings. The Labute approximate surface area is 128 Å². The Bertz CT molecular complexity index is 721. The van der Waals surface area contributed by atoms with Crippen molar-refractivity contribution in [2.24, 2.45) is 0 Å². The molecule has 0 aliphatic carbocycles. The lowest BCUT2D eigenvalue weighted by molar-refractivity contribution is -0.121. The third kappa shape index (κ3) is 2.76. The van der Waals surface area contributed by atoms with Crippen LogP contribution in [0.1, 0.15) is 5.56 Å². The number of benzene rings is 2. The molecule has 108 valence electrons. The molecule has 3 rings (SSSR count). The molecule has 2 aromatic rings. The average molecular weight is 354 g/mol. The van der Waals surface area contributed by atoms with E-state index in [9.17, 15) is 13.6 Å². The SMILES string of the molecule is O=C1COc2cc(Br)ccc2N1Cc1ccc(F)c(F)c1. The largest absolute Gasteiger partial charge is 0.482 e. The van der Waals surface area contributed by atoms with Gasteiger partial charge in [0, 0.05) is 4.47 Å². The first-order valence-corrected chi connectivity index (χ1v) is 7.00. The molecule has 0 saturated heterocycles. The van der Waals surface area contributed by atoms with E-state index in [4.69, 9.17) is 4.74 Å². The van der Waals surface area contributed by atoms with Crippen molar-refractivity contribution in [3.63, 3.8) is 0 Å². The predicted octanol–water partition coefficient (Wildman–Crippen LogP) is 3.65. The van der Waals surface area contributed by atoms with Crippen LogP contribution in [0.4, 0.5) is 14.5 Å². The second-order valence-corrected chi connectivity index (χ2v) is 5.54. The van der Waals surface area contributed by atoms with E-state index in [1.807, 2.05) is 0 Å². The molecule has 0 saturated carbocycles. The number of rotatable bonds is 2. The topological polar surface area (TPSA) is 29.5 Å². The van der Waals surface area contributed by atoms with Crippen molar-refractivity contribution >= 4 is 27.5 Å². The maximum atomic E-state index is 13.3. The Morgan fingerprint density at radius 3 is 2.71 bits per heavy atom. The van der Waals surface area contributed by atoms with E-state index >= 15 is 0 Å². The highest BCUT2D eigenvalue weighted by molar-refractivity contribution is 9.10. The number of hydrogen-bond donors (Lipinski definition) is 0. The number of carbonyl (C=O) groups is 1. The molecule has 0 atom stereocenters. The highest BCUT2D eigenvalue weighted by Gasteiger charge is 2.25. The number of ether oxygens (including phenoxy) is 1. The summed E-state index contributed by atoms with van der Waals surface area (Å²) in [5, 5.41) is 0. The molecule has 0 N–H and O–H groups in total. The van der Waals surface area contributed by atoms with Gasteiger partial charge in [-0.25, -0.2) is 8.78 Å². The van der Waals surface area contributed by atoms with E-state index in [0.29, 0.717) is 17.0 Å². The molecular formula is C15H10BrF2NO2. The number of nitrogens with zero attached hydrogens (tertiary/aromatic N) is 1. The lowest BCUT2D eigenvalue weighted by Crippen LogP contribution is -2.38. The molecule has 0 spiro atoms. The summed E-state index contributed by atoms with van der Waals surface area (Å²) in [6, 6.07) is 8.91. The van der Waals surface area contributed by atoms with Gasteiger partial charge in [0.25, 0.3) is 5.91 Å². The molecule has 1 aliphatic rings. The van der Waals surface area contributed by atoms with Gasteiger partial charge in [-0.1, -0.05) is 22.0 Å². The van der Waals surface area contributed by atoms with E-state index < -0.39 is 11.6 Å². The average Bonchev–Trinajstić information content (AvgIpc) is 2.46. The fourth-order valence-corrected chi connectivity index (χ4v) is 2.51. The Kier molecular flexibility index (Phi) is 3.63. The van der Waals surface area contributed by atoms with Crippen LogP contribution < -0.4 is 9.64 Å². The van der Waals surface area contributed by atoms with Gasteiger partial charge in [-0.3, -0.25) is 4.79 Å². The zero-order valence-corrected chi connectivity index (χ0v) is 12.4. The first-order valence-electron chi connectivity index (χ1n) is 6.21. The van der Waals surface area contributed by atoms with Gasteiger partial charge in [-0.05, 0) is 35.9 Å². The van der Waals surface area contributed by atoms with Crippen LogP contribution in [0.3, 0.4) is 0 Å². The molecule has 1 aliphatic heterocycles. The number of carbonyl (C=O) groups excluding carboxylic acids is 1. The molecular weight excluding hydrogens is 344 g/mol. The number of fused-ring (bicyclic) bond motifs is 1. The third-order valence-corrected chi connectivity index (χ3v) is 3.68. The fraction of sp³-hybridized carbons (Fsp3) is 0.133. The van der Waals surface area contributed by atoms with E-state index in [0.717, 1.165) is 16.6 Å². The van der Waals surface area contributed by atoms with Crippen molar-refractivity contribution in [1.29, 1.82) is 0 Å². The minimum Gasteiger partial charge on any atom is -0.482 e. The van der Waals surface area contributed by atoms with E-state index in [1.165, 1.54) is 11.0 Å². The standard InChI is InChI=1S/C15H10BrF2NO2/c16-10-2-4-13-14(6-10)21-8-15(20)19(13)7-9-1-3-11(17)12(18)5-9/h1-6H,7-8H2. The highest BCUT2D eigenvalue weighted by Crippen LogP contribution is 2.35. The van der Waals surface area contributed by atoms with Crippen molar-refractivity contribution < 1.29 is 18.3 Å². The minimum absolute atomic E-state index is 0.0763. The molecule has 1 heterocycles. The van der Waals surface area contributed by atoms with Gasteiger partial charge >= 0.3 is 0 Å². The highest BCUT2D eigenvalue weighted by atomic mass is 79.9. The zero-order chi connectivity index (χ0) is 15.0. The quantitative estimate of drug-likeness (QED) is 0.824. The lowest BCUT2D eigenvalue weighted by Gasteiger charge is -2.29. The van der Waals surface area contributed by atoms with E-state index in [1.54, 1.807) is 18.2 Å². The van der Waals surface area contributed by atoms with Gasteiger partial charge in [0.1, 0.15) is 5.75 Å². The van der Waals surface area contributed by atoms with Gasteiger partial charge < -0.3 is 9.64 Å². The number of hydrogen-bond acceptors (Lipinski definition) is 2. The van der Waals surface area contributed by atoms with Crippen molar-refractivity contribution in [3.05, 3.63) is 58.1 Å². The van der Waals surface area contributed by atoms with Gasteiger partial charge in [0.2, 0.25) is 0 Å². The second kappa shape index (κ2) is 5.44. The maximum Gasteiger partial charge on any atom is 0.265 e. The summed E-state index contributed by atoms with van der Waals surface area (Å²) in [4.78, 5) is 13.5. The molecule has 0 aromatic heterocycles. The fourth-order valence-electron chi connectivity index (χ4n) is 2.17. The molecule has 6 heteroatoms. The van der Waals surface area contributed by atoms with Crippen LogP contribution in [0.15, 0.2) is 40.9 Å². The van der Waals surface area contributed by atoms with E-state index in [-0.39, 0.29) is 19.1 Å². The first kappa shape index (κ1) is 14.0. The first-order chi connectivity index (χ1) is 10.0. The Morgan fingerprint density at radius 2 is 1.95 bits per heavy atom. The number of halogens is 3. The van der Waals surface area contributed by atoms with Crippen LogP contribution in [-0.4, -0.2) is 12.5 Å². The monoisotopic (exact) mass is 353 g/mol. The minimum atomic E-state index is -0.927. The molecule has 3 nitrogen and oxygen atoms in total. The molecule has 0 bridgehead atoms. The Hall–Kier alpha value is -1.95. The summed E-state index contributed by atoms with van der Waals surface area (Å²) in [5.74, 6) is -1.48. The van der Waals surface area contributed by atoms with Gasteiger partial charge in [-0.15, -0.1) is 0 Å². The smallest absolute Gasteiger partial charge is 0.265 e. The van der Waals surface area contributed by atoms with Crippen molar-refractivity contribution in [3.8, 4) is 5.75 Å². The molecule has 0 unspecified atom stereocenters. The van der Waals surface area contributed by atoms with Gasteiger partial charge in [-0.2, -0.15) is 0 Å². The van der Waals surface area contributed by atoms with Crippen LogP contribution in [0.5, 0.6) is 5.75 Å². The third-order valence-electron chi connectivity index (χ3n) is 3.19.